The van der Waals surface area contributed by atoms with Gasteiger partial charge in [0.1, 0.15) is 5.71 Å². The number of aromatic nitrogens is 2. The van der Waals surface area contributed by atoms with Crippen LogP contribution in [0.5, 0.6) is 0 Å². The van der Waals surface area contributed by atoms with E-state index in [9.17, 15) is 14.4 Å². The lowest BCUT2D eigenvalue weighted by Crippen LogP contribution is -2.53. The molecule has 3 N–H and O–H groups in total. The van der Waals surface area contributed by atoms with Gasteiger partial charge in [-0.2, -0.15) is 5.10 Å². The van der Waals surface area contributed by atoms with Gasteiger partial charge in [0.05, 0.1) is 0 Å². The van der Waals surface area contributed by atoms with Gasteiger partial charge in [-0.25, -0.2) is 15.2 Å². The third-order valence-electron chi connectivity index (χ3n) is 6.47. The molecule has 0 radical (unpaired) electrons. The van der Waals surface area contributed by atoms with Crippen molar-refractivity contribution in [3.63, 3.8) is 0 Å². The van der Waals surface area contributed by atoms with E-state index < -0.39 is 23.5 Å². The fourth-order valence-corrected chi connectivity index (χ4v) is 4.64. The number of hydrazone groups is 1. The molecule has 0 saturated heterocycles. The Hall–Kier alpha value is -2.91. The first-order valence-corrected chi connectivity index (χ1v) is 11.0. The summed E-state index contributed by atoms with van der Waals surface area (Å²) in [6.45, 7) is 2.81. The van der Waals surface area contributed by atoms with Crippen LogP contribution < -0.4 is 16.1 Å². The number of rotatable bonds is 6. The quantitative estimate of drug-likeness (QED) is 0.587. The van der Waals surface area contributed by atoms with Gasteiger partial charge in [0, 0.05) is 32.0 Å². The van der Waals surface area contributed by atoms with Crippen molar-refractivity contribution in [2.24, 2.45) is 16.9 Å². The Morgan fingerprint density at radius 2 is 2.00 bits per heavy atom. The van der Waals surface area contributed by atoms with Crippen LogP contribution in [0.25, 0.3) is 0 Å². The topological polar surface area (TPSA) is 127 Å². The van der Waals surface area contributed by atoms with Crippen molar-refractivity contribution in [3.8, 4) is 0 Å². The van der Waals surface area contributed by atoms with Crippen molar-refractivity contribution in [2.45, 2.75) is 70.1 Å². The van der Waals surface area contributed by atoms with Crippen molar-refractivity contribution in [1.82, 2.24) is 25.6 Å². The first-order valence-electron chi connectivity index (χ1n) is 11.0. The van der Waals surface area contributed by atoms with Crippen LogP contribution in [0, 0.1) is 11.8 Å². The normalized spacial score (nSPS) is 26.5. The second-order valence-corrected chi connectivity index (χ2v) is 8.94. The molecule has 0 bridgehead atoms. The van der Waals surface area contributed by atoms with Crippen LogP contribution in [0.15, 0.2) is 17.5 Å². The summed E-state index contributed by atoms with van der Waals surface area (Å²) in [5.41, 5.74) is 2.37. The van der Waals surface area contributed by atoms with Gasteiger partial charge >= 0.3 is 17.9 Å². The van der Waals surface area contributed by atoms with E-state index in [0.717, 1.165) is 31.6 Å². The van der Waals surface area contributed by atoms with E-state index in [0.29, 0.717) is 30.4 Å². The number of imidazole rings is 1. The molecule has 1 aromatic rings. The third kappa shape index (κ3) is 4.72. The van der Waals surface area contributed by atoms with Gasteiger partial charge in [-0.05, 0) is 63.7 Å². The molecule has 31 heavy (non-hydrogen) atoms. The van der Waals surface area contributed by atoms with E-state index >= 15 is 0 Å². The van der Waals surface area contributed by atoms with Crippen LogP contribution in [0.3, 0.4) is 0 Å². The molecule has 1 atom stereocenters. The first-order chi connectivity index (χ1) is 14.9. The molecule has 2 saturated carbocycles. The Morgan fingerprint density at radius 1 is 1.26 bits per heavy atom. The standard InChI is InChI=1S/C21H30N6O4/c1-13(24-19(29)18(28)22-2)11-14-5-7-21(8-6-14)16(25-26-20(30)31-21)17-23-9-10-27(17)12-15-3-4-15/h9-10,13-15H,3-8,11-12H2,1-2H3,(H,22,28)(H,24,29)(H,26,30)/t13-,14?,21?/m0/s1. The smallest absolute Gasteiger partial charge is 0.428 e. The molecule has 10 nitrogen and oxygen atoms in total. The summed E-state index contributed by atoms with van der Waals surface area (Å²) >= 11 is 0. The van der Waals surface area contributed by atoms with Crippen LogP contribution in [-0.4, -0.2) is 51.9 Å². The fraction of sp³-hybridized carbons (Fsp3) is 0.667. The molecule has 2 heterocycles. The van der Waals surface area contributed by atoms with E-state index in [1.165, 1.54) is 19.9 Å². The molecule has 10 heteroatoms. The Labute approximate surface area is 181 Å². The number of carbonyl (C=O) groups is 3. The molecule has 1 aromatic heterocycles. The summed E-state index contributed by atoms with van der Waals surface area (Å²) in [5, 5.41) is 9.44. The molecule has 0 unspecified atom stereocenters. The Morgan fingerprint density at radius 3 is 2.68 bits per heavy atom. The molecule has 2 fully saturated rings. The van der Waals surface area contributed by atoms with Crippen LogP contribution in [0.1, 0.15) is 57.7 Å². The molecule has 168 valence electrons. The van der Waals surface area contributed by atoms with E-state index in [2.05, 4.69) is 30.7 Å². The number of likely N-dealkylation sites (N-methyl/N-ethyl adjacent to an activating group) is 1. The number of carbonyl (C=O) groups excluding carboxylic acids is 3. The fourth-order valence-electron chi connectivity index (χ4n) is 4.64. The highest BCUT2D eigenvalue weighted by Crippen LogP contribution is 2.40. The highest BCUT2D eigenvalue weighted by Gasteiger charge is 2.48. The van der Waals surface area contributed by atoms with Crippen LogP contribution in [0.2, 0.25) is 0 Å². The Balaban J connectivity index is 1.42. The SMILES string of the molecule is CNC(=O)C(=O)N[C@@H](C)CC1CCC2(CC1)OC(=O)NN=C2c1nccn1CC1CC1. The molecule has 0 aromatic carbocycles. The van der Waals surface area contributed by atoms with Gasteiger partial charge in [-0.1, -0.05) is 0 Å². The average molecular weight is 431 g/mol. The summed E-state index contributed by atoms with van der Waals surface area (Å²) < 4.78 is 7.95. The predicted octanol–water partition coefficient (Wildman–Crippen LogP) is 1.31. The molecular weight excluding hydrogens is 400 g/mol. The van der Waals surface area contributed by atoms with Crippen molar-refractivity contribution >= 4 is 23.6 Å². The van der Waals surface area contributed by atoms with E-state index in [1.54, 1.807) is 6.20 Å². The van der Waals surface area contributed by atoms with Gasteiger partial charge < -0.3 is 19.9 Å². The Kier molecular flexibility index (Phi) is 5.97. The zero-order chi connectivity index (χ0) is 22.0. The minimum absolute atomic E-state index is 0.120. The largest absolute Gasteiger partial charge is 0.435 e. The summed E-state index contributed by atoms with van der Waals surface area (Å²) in [7, 11) is 1.43. The van der Waals surface area contributed by atoms with Crippen molar-refractivity contribution in [1.29, 1.82) is 0 Å². The maximum atomic E-state index is 12.0. The first kappa shape index (κ1) is 21.3. The summed E-state index contributed by atoms with van der Waals surface area (Å²) in [4.78, 5) is 39.8. The second-order valence-electron chi connectivity index (χ2n) is 8.94. The summed E-state index contributed by atoms with van der Waals surface area (Å²) in [5.74, 6) is 0.541. The maximum Gasteiger partial charge on any atom is 0.428 e. The minimum atomic E-state index is -0.778. The maximum absolute atomic E-state index is 12.0. The van der Waals surface area contributed by atoms with Gasteiger partial charge in [-0.3, -0.25) is 9.59 Å². The van der Waals surface area contributed by atoms with E-state index in [-0.39, 0.29) is 6.04 Å². The Bertz CT molecular complexity index is 882. The zero-order valence-electron chi connectivity index (χ0n) is 18.0. The van der Waals surface area contributed by atoms with Gasteiger partial charge in [-0.15, -0.1) is 0 Å². The number of hydrogen-bond acceptors (Lipinski definition) is 6. The monoisotopic (exact) mass is 430 g/mol. The van der Waals surface area contributed by atoms with Crippen molar-refractivity contribution in [3.05, 3.63) is 18.2 Å². The van der Waals surface area contributed by atoms with Gasteiger partial charge in [0.2, 0.25) is 0 Å². The van der Waals surface area contributed by atoms with Crippen LogP contribution >= 0.6 is 0 Å². The number of nitrogens with one attached hydrogen (secondary N) is 3. The lowest BCUT2D eigenvalue weighted by Gasteiger charge is -2.41. The molecule has 1 aliphatic heterocycles. The number of amides is 3. The number of hydrogen-bond donors (Lipinski definition) is 3. The predicted molar refractivity (Wildman–Crippen MR) is 112 cm³/mol. The van der Waals surface area contributed by atoms with Crippen LogP contribution in [0.4, 0.5) is 4.79 Å². The lowest BCUT2D eigenvalue weighted by molar-refractivity contribution is -0.139. The van der Waals surface area contributed by atoms with Crippen molar-refractivity contribution in [2.75, 3.05) is 7.05 Å². The van der Waals surface area contributed by atoms with Gasteiger partial charge in [0.25, 0.3) is 0 Å². The van der Waals surface area contributed by atoms with E-state index in [4.69, 9.17) is 4.74 Å². The molecule has 1 spiro atoms. The molecular formula is C21H30N6O4. The highest BCUT2D eigenvalue weighted by molar-refractivity contribution is 6.35. The van der Waals surface area contributed by atoms with Gasteiger partial charge in [0.15, 0.2) is 11.4 Å². The highest BCUT2D eigenvalue weighted by atomic mass is 16.6. The van der Waals surface area contributed by atoms with Crippen molar-refractivity contribution < 1.29 is 19.1 Å². The minimum Gasteiger partial charge on any atom is -0.435 e. The molecule has 3 amide bonds. The number of nitrogens with zero attached hydrogens (tertiary/aromatic N) is 3. The van der Waals surface area contributed by atoms with Crippen LogP contribution in [-0.2, 0) is 20.9 Å². The summed E-state index contributed by atoms with van der Waals surface area (Å²) in [6, 6.07) is -0.120. The molecule has 3 aliphatic rings. The molecule has 4 rings (SSSR count). The average Bonchev–Trinajstić information content (AvgIpc) is 3.45. The third-order valence-corrected chi connectivity index (χ3v) is 6.47. The van der Waals surface area contributed by atoms with E-state index in [1.807, 2.05) is 13.1 Å². The lowest BCUT2D eigenvalue weighted by atomic mass is 9.74. The molecule has 2 aliphatic carbocycles. The zero-order valence-corrected chi connectivity index (χ0v) is 18.0. The second kappa shape index (κ2) is 8.68. The number of ether oxygens (including phenoxy) is 1. The summed E-state index contributed by atoms with van der Waals surface area (Å²) in [6.07, 6.45) is 9.38.